The smallest absolute Gasteiger partial charge is 0.412 e. The van der Waals surface area contributed by atoms with Crippen molar-refractivity contribution in [3.8, 4) is 11.1 Å². The van der Waals surface area contributed by atoms with Crippen LogP contribution in [0, 0.1) is 11.3 Å². The molecule has 1 heterocycles. The summed E-state index contributed by atoms with van der Waals surface area (Å²) in [5, 5.41) is 19.1. The fourth-order valence-electron chi connectivity index (χ4n) is 3.63. The van der Waals surface area contributed by atoms with Crippen molar-refractivity contribution in [3.05, 3.63) is 59.7 Å². The number of ether oxygens (including phenoxy) is 1. The minimum absolute atomic E-state index is 0.0435. The second kappa shape index (κ2) is 9.88. The van der Waals surface area contributed by atoms with Gasteiger partial charge in [0.15, 0.2) is 0 Å². The van der Waals surface area contributed by atoms with Gasteiger partial charge in [0.25, 0.3) is 5.91 Å². The fraction of sp³-hybridized carbons (Fsp3) is 0.304. The van der Waals surface area contributed by atoms with Crippen LogP contribution in [0.5, 0.6) is 0 Å². The molecule has 0 bridgehead atoms. The van der Waals surface area contributed by atoms with Crippen molar-refractivity contribution >= 4 is 23.8 Å². The Bertz CT molecular complexity index is 962. The minimum atomic E-state index is -0.787. The maximum absolute atomic E-state index is 12.8. The van der Waals surface area contributed by atoms with Crippen LogP contribution in [-0.2, 0) is 9.53 Å². The number of benzene rings is 2. The van der Waals surface area contributed by atoms with E-state index >= 15 is 0 Å². The quantitative estimate of drug-likeness (QED) is 0.503. The van der Waals surface area contributed by atoms with Crippen LogP contribution in [0.1, 0.15) is 35.2 Å². The van der Waals surface area contributed by atoms with Gasteiger partial charge in [-0.3, -0.25) is 20.3 Å². The zero-order chi connectivity index (χ0) is 22.4. The van der Waals surface area contributed by atoms with Crippen LogP contribution in [-0.4, -0.2) is 54.0 Å². The Morgan fingerprint density at radius 2 is 1.52 bits per heavy atom. The molecule has 1 saturated heterocycles. The van der Waals surface area contributed by atoms with Crippen molar-refractivity contribution in [2.45, 2.75) is 19.3 Å². The summed E-state index contributed by atoms with van der Waals surface area (Å²) in [5.41, 5.74) is 2.99. The van der Waals surface area contributed by atoms with E-state index in [1.165, 1.54) is 7.11 Å². The van der Waals surface area contributed by atoms with Gasteiger partial charge >= 0.3 is 12.1 Å². The third-order valence-electron chi connectivity index (χ3n) is 5.42. The SMILES string of the molecule is COC(=O)NC(=N)c1ccc(-c2ccc(C(=O)N3CCC(CC(=O)O)CC3)cc2)cc1. The molecule has 2 aromatic rings. The average molecular weight is 423 g/mol. The molecule has 0 aromatic heterocycles. The van der Waals surface area contributed by atoms with Crippen LogP contribution in [0.15, 0.2) is 48.5 Å². The summed E-state index contributed by atoms with van der Waals surface area (Å²) >= 11 is 0. The van der Waals surface area contributed by atoms with Crippen molar-refractivity contribution < 1.29 is 24.2 Å². The summed E-state index contributed by atoms with van der Waals surface area (Å²) in [6, 6.07) is 14.5. The summed E-state index contributed by atoms with van der Waals surface area (Å²) in [6.45, 7) is 1.15. The standard InChI is InChI=1S/C23H25N3O5/c1-31-23(30)25-21(24)18-6-2-16(3-7-18)17-4-8-19(9-5-17)22(29)26-12-10-15(11-13-26)14-20(27)28/h2-9,15H,10-14H2,1H3,(H,27,28)(H2,24,25,30). The molecular formula is C23H25N3O5. The van der Waals surface area contributed by atoms with Crippen LogP contribution < -0.4 is 5.32 Å². The highest BCUT2D eigenvalue weighted by Crippen LogP contribution is 2.24. The van der Waals surface area contributed by atoms with Gasteiger partial charge in [0.05, 0.1) is 7.11 Å². The van der Waals surface area contributed by atoms with Gasteiger partial charge in [-0.2, -0.15) is 0 Å². The number of carbonyl (C=O) groups excluding carboxylic acids is 2. The van der Waals surface area contributed by atoms with Crippen LogP contribution in [0.2, 0.25) is 0 Å². The molecular weight excluding hydrogens is 398 g/mol. The number of aliphatic carboxylic acids is 1. The first-order valence-corrected chi connectivity index (χ1v) is 10.0. The molecule has 1 aliphatic rings. The molecule has 0 unspecified atom stereocenters. The Kier molecular flexibility index (Phi) is 7.02. The third kappa shape index (κ3) is 5.69. The normalized spacial score (nSPS) is 14.0. The van der Waals surface area contributed by atoms with Crippen LogP contribution >= 0.6 is 0 Å². The number of nitrogens with one attached hydrogen (secondary N) is 2. The van der Waals surface area contributed by atoms with E-state index in [0.29, 0.717) is 37.1 Å². The lowest BCUT2D eigenvalue weighted by Gasteiger charge is -2.31. The van der Waals surface area contributed by atoms with Gasteiger partial charge in [-0.05, 0) is 42.0 Å². The summed E-state index contributed by atoms with van der Waals surface area (Å²) in [7, 11) is 1.24. The molecule has 0 aliphatic carbocycles. The van der Waals surface area contributed by atoms with Crippen LogP contribution in [0.4, 0.5) is 4.79 Å². The number of rotatable bonds is 5. The van der Waals surface area contributed by atoms with E-state index in [4.69, 9.17) is 10.5 Å². The zero-order valence-corrected chi connectivity index (χ0v) is 17.3. The number of hydrogen-bond acceptors (Lipinski definition) is 5. The van der Waals surface area contributed by atoms with Crippen molar-refractivity contribution in [3.63, 3.8) is 0 Å². The molecule has 2 aromatic carbocycles. The van der Waals surface area contributed by atoms with Gasteiger partial charge < -0.3 is 14.7 Å². The second-order valence-electron chi connectivity index (χ2n) is 7.48. The Labute approximate surface area is 180 Å². The predicted octanol–water partition coefficient (Wildman–Crippen LogP) is 3.36. The molecule has 31 heavy (non-hydrogen) atoms. The second-order valence-corrected chi connectivity index (χ2v) is 7.48. The number of carboxylic acids is 1. The number of carboxylic acid groups (broad SMARTS) is 1. The first-order valence-electron chi connectivity index (χ1n) is 10.0. The molecule has 0 saturated carbocycles. The zero-order valence-electron chi connectivity index (χ0n) is 17.3. The lowest BCUT2D eigenvalue weighted by atomic mass is 9.93. The Morgan fingerprint density at radius 3 is 2.00 bits per heavy atom. The molecule has 8 heteroatoms. The number of amidine groups is 1. The molecule has 8 nitrogen and oxygen atoms in total. The van der Waals surface area contributed by atoms with Crippen molar-refractivity contribution in [1.82, 2.24) is 10.2 Å². The number of likely N-dealkylation sites (tertiary alicyclic amines) is 1. The van der Waals surface area contributed by atoms with Gasteiger partial charge in [0.1, 0.15) is 5.84 Å². The largest absolute Gasteiger partial charge is 0.481 e. The Hall–Kier alpha value is -3.68. The highest BCUT2D eigenvalue weighted by Gasteiger charge is 2.25. The topological polar surface area (TPSA) is 120 Å². The molecule has 1 aliphatic heterocycles. The number of amides is 2. The van der Waals surface area contributed by atoms with E-state index in [9.17, 15) is 14.4 Å². The van der Waals surface area contributed by atoms with Gasteiger partial charge in [-0.15, -0.1) is 0 Å². The number of methoxy groups -OCH3 is 1. The lowest BCUT2D eigenvalue weighted by Crippen LogP contribution is -2.38. The van der Waals surface area contributed by atoms with Crippen molar-refractivity contribution in [2.75, 3.05) is 20.2 Å². The Morgan fingerprint density at radius 1 is 1.00 bits per heavy atom. The number of piperidine rings is 1. The van der Waals surface area contributed by atoms with Crippen molar-refractivity contribution in [2.24, 2.45) is 5.92 Å². The highest BCUT2D eigenvalue weighted by molar-refractivity contribution is 6.04. The molecule has 3 N–H and O–H groups in total. The maximum atomic E-state index is 12.8. The third-order valence-corrected chi connectivity index (χ3v) is 5.42. The first kappa shape index (κ1) is 22.0. The molecule has 1 fully saturated rings. The molecule has 0 spiro atoms. The van der Waals surface area contributed by atoms with Crippen molar-refractivity contribution in [1.29, 1.82) is 5.41 Å². The van der Waals surface area contributed by atoms with Gasteiger partial charge in [0, 0.05) is 30.6 Å². The average Bonchev–Trinajstić information content (AvgIpc) is 2.79. The van der Waals surface area contributed by atoms with E-state index in [1.807, 2.05) is 24.3 Å². The molecule has 162 valence electrons. The maximum Gasteiger partial charge on any atom is 0.412 e. The van der Waals surface area contributed by atoms with Crippen LogP contribution in [0.3, 0.4) is 0 Å². The fourth-order valence-corrected chi connectivity index (χ4v) is 3.63. The van der Waals surface area contributed by atoms with E-state index in [2.05, 4.69) is 10.1 Å². The Balaban J connectivity index is 1.61. The van der Waals surface area contributed by atoms with Gasteiger partial charge in [0.2, 0.25) is 0 Å². The summed E-state index contributed by atoms with van der Waals surface area (Å²) in [5.74, 6) is -0.745. The van der Waals surface area contributed by atoms with E-state index in [0.717, 1.165) is 11.1 Å². The monoisotopic (exact) mass is 423 g/mol. The summed E-state index contributed by atoms with van der Waals surface area (Å²) in [6.07, 6.45) is 0.888. The predicted molar refractivity (Wildman–Crippen MR) is 115 cm³/mol. The lowest BCUT2D eigenvalue weighted by molar-refractivity contribution is -0.138. The molecule has 3 rings (SSSR count). The number of nitrogens with zero attached hydrogens (tertiary/aromatic N) is 1. The van der Waals surface area contributed by atoms with E-state index in [1.54, 1.807) is 29.2 Å². The number of hydrogen-bond donors (Lipinski definition) is 3. The minimum Gasteiger partial charge on any atom is -0.481 e. The summed E-state index contributed by atoms with van der Waals surface area (Å²) in [4.78, 5) is 36.6. The molecule has 0 atom stereocenters. The number of alkyl carbamates (subject to hydrolysis) is 1. The van der Waals surface area contributed by atoms with E-state index < -0.39 is 12.1 Å². The van der Waals surface area contributed by atoms with Crippen LogP contribution in [0.25, 0.3) is 11.1 Å². The van der Waals surface area contributed by atoms with Gasteiger partial charge in [-0.1, -0.05) is 36.4 Å². The van der Waals surface area contributed by atoms with Gasteiger partial charge in [-0.25, -0.2) is 4.79 Å². The summed E-state index contributed by atoms with van der Waals surface area (Å²) < 4.78 is 4.48. The highest BCUT2D eigenvalue weighted by atomic mass is 16.5. The number of carbonyl (C=O) groups is 3. The molecule has 2 amide bonds. The van der Waals surface area contributed by atoms with E-state index in [-0.39, 0.29) is 24.1 Å². The first-order chi connectivity index (χ1) is 14.9. The molecule has 0 radical (unpaired) electrons.